The number of carbonyl (C=O) groups is 2. The average molecular weight is 522 g/mol. The molecule has 6 nitrogen and oxygen atoms in total. The van der Waals surface area contributed by atoms with Crippen LogP contribution in [0.5, 0.6) is 0 Å². The molecule has 0 radical (unpaired) electrons. The van der Waals surface area contributed by atoms with Crippen molar-refractivity contribution < 1.29 is 14.3 Å². The summed E-state index contributed by atoms with van der Waals surface area (Å²) in [5.41, 5.74) is 2.73. The summed E-state index contributed by atoms with van der Waals surface area (Å²) in [6.07, 6.45) is 12.4. The topological polar surface area (TPSA) is 53.1 Å². The SMILES string of the molecule is CCOC(=O)N1CCCC2CC(N3CCC4(CC3)CN(C(=O)C3(C)CCCCC3)Cc3ccccc34)CC21. The second kappa shape index (κ2) is 10.5. The van der Waals surface area contributed by atoms with Crippen LogP contribution < -0.4 is 0 Å². The highest BCUT2D eigenvalue weighted by Crippen LogP contribution is 2.47. The lowest BCUT2D eigenvalue weighted by molar-refractivity contribution is -0.146. The molecule has 1 spiro atoms. The summed E-state index contributed by atoms with van der Waals surface area (Å²) in [7, 11) is 0. The van der Waals surface area contributed by atoms with Gasteiger partial charge in [0.1, 0.15) is 0 Å². The molecule has 0 bridgehead atoms. The Bertz CT molecular complexity index is 1030. The first kappa shape index (κ1) is 26.2. The quantitative estimate of drug-likeness (QED) is 0.510. The summed E-state index contributed by atoms with van der Waals surface area (Å²) < 4.78 is 5.40. The van der Waals surface area contributed by atoms with Crippen molar-refractivity contribution in [1.82, 2.24) is 14.7 Å². The van der Waals surface area contributed by atoms with Crippen LogP contribution in [-0.4, -0.2) is 71.6 Å². The highest BCUT2D eigenvalue weighted by molar-refractivity contribution is 5.83. The van der Waals surface area contributed by atoms with Gasteiger partial charge in [0.25, 0.3) is 0 Å². The van der Waals surface area contributed by atoms with Crippen molar-refractivity contribution in [3.8, 4) is 0 Å². The molecule has 2 aliphatic carbocycles. The Labute approximate surface area is 229 Å². The van der Waals surface area contributed by atoms with Crippen LogP contribution >= 0.6 is 0 Å². The molecule has 6 heteroatoms. The van der Waals surface area contributed by atoms with Crippen LogP contribution in [0.1, 0.15) is 95.6 Å². The molecule has 4 fully saturated rings. The van der Waals surface area contributed by atoms with Gasteiger partial charge in [-0.2, -0.15) is 0 Å². The van der Waals surface area contributed by atoms with Gasteiger partial charge in [0, 0.05) is 42.5 Å². The molecule has 38 heavy (non-hydrogen) atoms. The molecule has 2 amide bonds. The summed E-state index contributed by atoms with van der Waals surface area (Å²) in [6.45, 7) is 9.22. The number of carbonyl (C=O) groups excluding carboxylic acids is 2. The molecule has 0 aromatic heterocycles. The second-order valence-electron chi connectivity index (χ2n) is 13.2. The summed E-state index contributed by atoms with van der Waals surface area (Å²) in [4.78, 5) is 33.6. The Morgan fingerprint density at radius 1 is 0.974 bits per heavy atom. The molecule has 208 valence electrons. The third-order valence-electron chi connectivity index (χ3n) is 11.0. The van der Waals surface area contributed by atoms with Gasteiger partial charge in [-0.25, -0.2) is 4.79 Å². The molecule has 6 rings (SSSR count). The largest absolute Gasteiger partial charge is 0.450 e. The molecular formula is C32H47N3O3. The number of rotatable bonds is 3. The van der Waals surface area contributed by atoms with Crippen molar-refractivity contribution in [3.05, 3.63) is 35.4 Å². The van der Waals surface area contributed by atoms with Gasteiger partial charge in [-0.15, -0.1) is 0 Å². The van der Waals surface area contributed by atoms with Gasteiger partial charge in [0.05, 0.1) is 6.61 Å². The van der Waals surface area contributed by atoms with Gasteiger partial charge < -0.3 is 19.4 Å². The van der Waals surface area contributed by atoms with E-state index in [9.17, 15) is 9.59 Å². The van der Waals surface area contributed by atoms with E-state index >= 15 is 0 Å². The van der Waals surface area contributed by atoms with Crippen molar-refractivity contribution >= 4 is 12.0 Å². The highest BCUT2D eigenvalue weighted by atomic mass is 16.6. The highest BCUT2D eigenvalue weighted by Gasteiger charge is 2.49. The van der Waals surface area contributed by atoms with E-state index in [0.29, 0.717) is 30.5 Å². The van der Waals surface area contributed by atoms with Crippen LogP contribution in [-0.2, 0) is 21.5 Å². The molecule has 3 aliphatic heterocycles. The zero-order valence-electron chi connectivity index (χ0n) is 23.6. The van der Waals surface area contributed by atoms with Crippen LogP contribution in [0, 0.1) is 11.3 Å². The number of fused-ring (bicyclic) bond motifs is 3. The molecule has 1 aromatic rings. The summed E-state index contributed by atoms with van der Waals surface area (Å²) in [5, 5.41) is 0. The van der Waals surface area contributed by atoms with Crippen molar-refractivity contribution in [3.63, 3.8) is 0 Å². The van der Waals surface area contributed by atoms with Crippen molar-refractivity contribution in [2.24, 2.45) is 11.3 Å². The van der Waals surface area contributed by atoms with Gasteiger partial charge in [-0.05, 0) is 88.4 Å². The summed E-state index contributed by atoms with van der Waals surface area (Å²) >= 11 is 0. The lowest BCUT2D eigenvalue weighted by atomic mass is 9.67. The monoisotopic (exact) mass is 521 g/mol. The zero-order valence-corrected chi connectivity index (χ0v) is 23.6. The van der Waals surface area contributed by atoms with E-state index in [1.165, 1.54) is 43.2 Å². The number of nitrogens with zero attached hydrogens (tertiary/aromatic N) is 3. The van der Waals surface area contributed by atoms with Crippen LogP contribution in [0.15, 0.2) is 24.3 Å². The predicted molar refractivity (Wildman–Crippen MR) is 149 cm³/mol. The normalized spacial score (nSPS) is 30.5. The third kappa shape index (κ3) is 4.65. The first-order valence-electron chi connectivity index (χ1n) is 15.5. The van der Waals surface area contributed by atoms with Crippen molar-refractivity contribution in [2.45, 2.75) is 109 Å². The number of hydrogen-bond donors (Lipinski definition) is 0. The number of hydrogen-bond acceptors (Lipinski definition) is 4. The molecule has 1 aromatic carbocycles. The molecule has 3 unspecified atom stereocenters. The van der Waals surface area contributed by atoms with Gasteiger partial charge >= 0.3 is 6.09 Å². The summed E-state index contributed by atoms with van der Waals surface area (Å²) in [6, 6.07) is 9.83. The van der Waals surface area contributed by atoms with E-state index in [1.54, 1.807) is 0 Å². The maximum Gasteiger partial charge on any atom is 0.410 e. The molecule has 2 saturated heterocycles. The molecule has 5 aliphatic rings. The fourth-order valence-electron chi connectivity index (χ4n) is 8.89. The third-order valence-corrected chi connectivity index (χ3v) is 11.0. The number of benzene rings is 1. The molecule has 0 N–H and O–H groups in total. The maximum atomic E-state index is 13.9. The average Bonchev–Trinajstić information content (AvgIpc) is 3.38. The molecular weight excluding hydrogens is 474 g/mol. The van der Waals surface area contributed by atoms with E-state index in [1.807, 2.05) is 11.8 Å². The Hall–Kier alpha value is -2.08. The number of amides is 2. The van der Waals surface area contributed by atoms with E-state index in [2.05, 4.69) is 41.0 Å². The number of ether oxygens (including phenoxy) is 1. The van der Waals surface area contributed by atoms with Crippen LogP contribution in [0.3, 0.4) is 0 Å². The number of likely N-dealkylation sites (tertiary alicyclic amines) is 2. The molecule has 2 saturated carbocycles. The van der Waals surface area contributed by atoms with E-state index in [0.717, 1.165) is 71.2 Å². The predicted octanol–water partition coefficient (Wildman–Crippen LogP) is 5.73. The minimum Gasteiger partial charge on any atom is -0.450 e. The smallest absolute Gasteiger partial charge is 0.410 e. The van der Waals surface area contributed by atoms with Crippen molar-refractivity contribution in [2.75, 3.05) is 32.8 Å². The van der Waals surface area contributed by atoms with Gasteiger partial charge in [0.15, 0.2) is 0 Å². The van der Waals surface area contributed by atoms with E-state index in [4.69, 9.17) is 4.74 Å². The Balaban J connectivity index is 1.16. The first-order chi connectivity index (χ1) is 18.4. The van der Waals surface area contributed by atoms with Crippen molar-refractivity contribution in [1.29, 1.82) is 0 Å². The Morgan fingerprint density at radius 2 is 1.74 bits per heavy atom. The first-order valence-corrected chi connectivity index (χ1v) is 15.5. The van der Waals surface area contributed by atoms with Crippen LogP contribution in [0.2, 0.25) is 0 Å². The van der Waals surface area contributed by atoms with Gasteiger partial charge in [0.2, 0.25) is 5.91 Å². The molecule has 3 atom stereocenters. The molecule has 3 heterocycles. The van der Waals surface area contributed by atoms with Crippen LogP contribution in [0.25, 0.3) is 0 Å². The maximum absolute atomic E-state index is 13.9. The second-order valence-corrected chi connectivity index (χ2v) is 13.2. The fourth-order valence-corrected chi connectivity index (χ4v) is 8.89. The summed E-state index contributed by atoms with van der Waals surface area (Å²) in [5.74, 6) is 1.00. The Morgan fingerprint density at radius 3 is 2.50 bits per heavy atom. The minimum absolute atomic E-state index is 0.0639. The van der Waals surface area contributed by atoms with Gasteiger partial charge in [-0.1, -0.05) is 50.5 Å². The van der Waals surface area contributed by atoms with Gasteiger partial charge in [-0.3, -0.25) is 4.79 Å². The standard InChI is InChI=1S/C32H47N3O3/c1-3-38-30(37)35-17-9-11-24-20-26(21-28(24)35)33-18-15-32(16-19-33)23-34(22-25-10-5-6-12-27(25)32)29(36)31(2)13-7-4-8-14-31/h5-6,10,12,24,26,28H,3-4,7-9,11,13-23H2,1-2H3. The van der Waals surface area contributed by atoms with E-state index < -0.39 is 0 Å². The lowest BCUT2D eigenvalue weighted by Gasteiger charge is -2.51. The Kier molecular flexibility index (Phi) is 7.21. The lowest BCUT2D eigenvalue weighted by Crippen LogP contribution is -2.56. The van der Waals surface area contributed by atoms with Crippen LogP contribution in [0.4, 0.5) is 4.79 Å². The van der Waals surface area contributed by atoms with E-state index in [-0.39, 0.29) is 16.9 Å². The minimum atomic E-state index is -0.183. The number of piperidine rings is 2. The zero-order chi connectivity index (χ0) is 26.3. The fraction of sp³-hybridized carbons (Fsp3) is 0.750.